The molecule has 190 valence electrons. The first kappa shape index (κ1) is 26.6. The summed E-state index contributed by atoms with van der Waals surface area (Å²) in [4.78, 5) is 25.1. The Morgan fingerprint density at radius 2 is 1.61 bits per heavy atom. The molecule has 0 fully saturated rings. The zero-order valence-electron chi connectivity index (χ0n) is 20.5. The highest BCUT2D eigenvalue weighted by Gasteiger charge is 2.28. The lowest BCUT2D eigenvalue weighted by Crippen LogP contribution is -2.38. The summed E-state index contributed by atoms with van der Waals surface area (Å²) in [6, 6.07) is 17.3. The number of carbonyl (C=O) groups is 2. The lowest BCUT2D eigenvalue weighted by atomic mass is 10.1. The number of benzene rings is 3. The summed E-state index contributed by atoms with van der Waals surface area (Å²) in [5, 5.41) is 2.71. The Hall–Kier alpha value is -4.05. The van der Waals surface area contributed by atoms with Gasteiger partial charge in [0.25, 0.3) is 10.0 Å². The van der Waals surface area contributed by atoms with E-state index in [1.165, 1.54) is 38.5 Å². The van der Waals surface area contributed by atoms with Crippen molar-refractivity contribution >= 4 is 33.3 Å². The van der Waals surface area contributed by atoms with Crippen molar-refractivity contribution in [3.8, 4) is 11.5 Å². The molecule has 3 rings (SSSR count). The summed E-state index contributed by atoms with van der Waals surface area (Å²) in [7, 11) is -1.32. The van der Waals surface area contributed by atoms with Gasteiger partial charge in [0.1, 0.15) is 6.54 Å². The van der Waals surface area contributed by atoms with Crippen LogP contribution in [-0.4, -0.2) is 47.7 Å². The Morgan fingerprint density at radius 1 is 0.917 bits per heavy atom. The molecule has 0 aliphatic carbocycles. The van der Waals surface area contributed by atoms with E-state index in [4.69, 9.17) is 14.2 Å². The average molecular weight is 513 g/mol. The average Bonchev–Trinajstić information content (AvgIpc) is 2.88. The normalized spacial score (nSPS) is 10.9. The van der Waals surface area contributed by atoms with Gasteiger partial charge in [-0.25, -0.2) is 13.2 Å². The third-order valence-corrected chi connectivity index (χ3v) is 7.07. The SMILES string of the molecule is CCOC(=O)c1ccc(C)c(NC(=O)CN(c2ccccc2)S(=O)(=O)c2ccc(OC)c(OC)c2)c1. The maximum absolute atomic E-state index is 13.7. The van der Waals surface area contributed by atoms with E-state index in [1.54, 1.807) is 56.3 Å². The number of aryl methyl sites for hydroxylation is 1. The molecule has 1 N–H and O–H groups in total. The highest BCUT2D eigenvalue weighted by atomic mass is 32.2. The summed E-state index contributed by atoms with van der Waals surface area (Å²) in [6.45, 7) is 3.17. The van der Waals surface area contributed by atoms with E-state index in [0.29, 0.717) is 22.7 Å². The van der Waals surface area contributed by atoms with Crippen molar-refractivity contribution in [3.63, 3.8) is 0 Å². The molecule has 0 saturated heterocycles. The minimum absolute atomic E-state index is 0.0720. The van der Waals surface area contributed by atoms with Gasteiger partial charge >= 0.3 is 5.97 Å². The second-order valence-electron chi connectivity index (χ2n) is 7.66. The van der Waals surface area contributed by atoms with Crippen molar-refractivity contribution in [1.29, 1.82) is 0 Å². The smallest absolute Gasteiger partial charge is 0.338 e. The number of para-hydroxylation sites is 1. The summed E-state index contributed by atoms with van der Waals surface area (Å²) >= 11 is 0. The highest BCUT2D eigenvalue weighted by molar-refractivity contribution is 7.92. The van der Waals surface area contributed by atoms with Crippen molar-refractivity contribution in [2.24, 2.45) is 0 Å². The van der Waals surface area contributed by atoms with Crippen molar-refractivity contribution in [3.05, 3.63) is 77.9 Å². The maximum Gasteiger partial charge on any atom is 0.338 e. The van der Waals surface area contributed by atoms with Crippen molar-refractivity contribution < 1.29 is 32.2 Å². The zero-order chi connectivity index (χ0) is 26.3. The highest BCUT2D eigenvalue weighted by Crippen LogP contribution is 2.32. The van der Waals surface area contributed by atoms with Gasteiger partial charge in [0.2, 0.25) is 5.91 Å². The van der Waals surface area contributed by atoms with Crippen LogP contribution in [0.3, 0.4) is 0 Å². The van der Waals surface area contributed by atoms with E-state index in [1.807, 2.05) is 0 Å². The molecule has 36 heavy (non-hydrogen) atoms. The van der Waals surface area contributed by atoms with Crippen LogP contribution in [0, 0.1) is 6.92 Å². The monoisotopic (exact) mass is 512 g/mol. The van der Waals surface area contributed by atoms with Crippen LogP contribution in [-0.2, 0) is 19.6 Å². The Bertz CT molecular complexity index is 1340. The summed E-state index contributed by atoms with van der Waals surface area (Å²) in [5.74, 6) is -0.498. The minimum atomic E-state index is -4.18. The summed E-state index contributed by atoms with van der Waals surface area (Å²) in [6.07, 6.45) is 0. The quantitative estimate of drug-likeness (QED) is 0.409. The van der Waals surface area contributed by atoms with Crippen molar-refractivity contribution in [1.82, 2.24) is 0 Å². The van der Waals surface area contributed by atoms with Gasteiger partial charge in [-0.2, -0.15) is 0 Å². The summed E-state index contributed by atoms with van der Waals surface area (Å²) < 4.78 is 43.8. The number of nitrogens with one attached hydrogen (secondary N) is 1. The Labute approximate surface area is 210 Å². The lowest BCUT2D eigenvalue weighted by Gasteiger charge is -2.24. The third kappa shape index (κ3) is 5.95. The second kappa shape index (κ2) is 11.6. The van der Waals surface area contributed by atoms with Crippen LogP contribution in [0.1, 0.15) is 22.8 Å². The van der Waals surface area contributed by atoms with Gasteiger partial charge in [-0.15, -0.1) is 0 Å². The molecule has 3 aromatic rings. The molecule has 0 aliphatic heterocycles. The van der Waals surface area contributed by atoms with E-state index >= 15 is 0 Å². The van der Waals surface area contributed by atoms with Gasteiger partial charge in [0.05, 0.1) is 37.0 Å². The molecular weight excluding hydrogens is 484 g/mol. The zero-order valence-corrected chi connectivity index (χ0v) is 21.3. The van der Waals surface area contributed by atoms with Gasteiger partial charge < -0.3 is 19.5 Å². The topological polar surface area (TPSA) is 111 Å². The first-order chi connectivity index (χ1) is 17.2. The van der Waals surface area contributed by atoms with Crippen LogP contribution < -0.4 is 19.1 Å². The number of nitrogens with zero attached hydrogens (tertiary/aromatic N) is 1. The number of rotatable bonds is 10. The van der Waals surface area contributed by atoms with Crippen LogP contribution in [0.5, 0.6) is 11.5 Å². The van der Waals surface area contributed by atoms with Crippen LogP contribution >= 0.6 is 0 Å². The van der Waals surface area contributed by atoms with Gasteiger partial charge in [-0.05, 0) is 55.8 Å². The van der Waals surface area contributed by atoms with Crippen LogP contribution in [0.4, 0.5) is 11.4 Å². The fourth-order valence-corrected chi connectivity index (χ4v) is 4.87. The van der Waals surface area contributed by atoms with E-state index in [-0.39, 0.29) is 22.8 Å². The molecule has 1 amide bonds. The molecule has 0 radical (unpaired) electrons. The number of hydrogen-bond acceptors (Lipinski definition) is 7. The third-order valence-electron chi connectivity index (χ3n) is 5.30. The van der Waals surface area contributed by atoms with Crippen LogP contribution in [0.25, 0.3) is 0 Å². The first-order valence-electron chi connectivity index (χ1n) is 11.1. The molecule has 9 nitrogen and oxygen atoms in total. The van der Waals surface area contributed by atoms with Crippen LogP contribution in [0.2, 0.25) is 0 Å². The van der Waals surface area contributed by atoms with Crippen molar-refractivity contribution in [2.45, 2.75) is 18.7 Å². The molecule has 3 aromatic carbocycles. The fraction of sp³-hybridized carbons (Fsp3) is 0.231. The molecule has 0 aliphatic rings. The van der Waals surface area contributed by atoms with E-state index in [2.05, 4.69) is 5.32 Å². The largest absolute Gasteiger partial charge is 0.493 e. The van der Waals surface area contributed by atoms with E-state index in [0.717, 1.165) is 4.31 Å². The number of ether oxygens (including phenoxy) is 3. The van der Waals surface area contributed by atoms with Gasteiger partial charge in [0, 0.05) is 11.8 Å². The molecule has 0 heterocycles. The first-order valence-corrected chi connectivity index (χ1v) is 12.5. The molecule has 0 spiro atoms. The predicted octanol–water partition coefficient (Wildman–Crippen LogP) is 4.02. The van der Waals surface area contributed by atoms with Gasteiger partial charge in [0.15, 0.2) is 11.5 Å². The summed E-state index contributed by atoms with van der Waals surface area (Å²) in [5.41, 5.74) is 1.66. The molecule has 0 saturated carbocycles. The number of sulfonamides is 1. The molecule has 0 bridgehead atoms. The van der Waals surface area contributed by atoms with Crippen molar-refractivity contribution in [2.75, 3.05) is 37.0 Å². The number of carbonyl (C=O) groups excluding carboxylic acids is 2. The van der Waals surface area contributed by atoms with Crippen LogP contribution in [0.15, 0.2) is 71.6 Å². The Balaban J connectivity index is 1.94. The lowest BCUT2D eigenvalue weighted by molar-refractivity contribution is -0.114. The second-order valence-corrected chi connectivity index (χ2v) is 9.52. The fourth-order valence-electron chi connectivity index (χ4n) is 3.43. The number of anilines is 2. The molecule has 0 atom stereocenters. The van der Waals surface area contributed by atoms with E-state index < -0.39 is 28.4 Å². The molecule has 10 heteroatoms. The number of methoxy groups -OCH3 is 2. The Kier molecular flexibility index (Phi) is 8.55. The van der Waals surface area contributed by atoms with E-state index in [9.17, 15) is 18.0 Å². The molecular formula is C26H28N2O7S. The van der Waals surface area contributed by atoms with Gasteiger partial charge in [-0.3, -0.25) is 9.10 Å². The number of esters is 1. The molecule has 0 unspecified atom stereocenters. The number of amides is 1. The maximum atomic E-state index is 13.7. The predicted molar refractivity (Wildman–Crippen MR) is 136 cm³/mol. The number of hydrogen-bond donors (Lipinski definition) is 1. The van der Waals surface area contributed by atoms with Gasteiger partial charge in [-0.1, -0.05) is 24.3 Å². The molecule has 0 aromatic heterocycles. The standard InChI is InChI=1S/C26H28N2O7S/c1-5-35-26(30)19-12-11-18(2)22(15-19)27-25(29)17-28(20-9-7-6-8-10-20)36(31,32)21-13-14-23(33-3)24(16-21)34-4/h6-16H,5,17H2,1-4H3,(H,27,29). The minimum Gasteiger partial charge on any atom is -0.493 e. The Morgan fingerprint density at radius 3 is 2.25 bits per heavy atom.